The molecule has 3 aromatic carbocycles. The largest absolute Gasteiger partial charge is 0.488 e. The first-order chi connectivity index (χ1) is 14.4. The fourth-order valence-corrected chi connectivity index (χ4v) is 3.48. The quantitative estimate of drug-likeness (QED) is 0.421. The molecule has 0 saturated heterocycles. The Morgan fingerprint density at radius 2 is 1.50 bits per heavy atom. The maximum atomic E-state index is 13.3. The smallest absolute Gasteiger partial charge is 0.303 e. The lowest BCUT2D eigenvalue weighted by Crippen LogP contribution is -2.00. The highest BCUT2D eigenvalue weighted by Gasteiger charge is 2.08. The second-order valence-corrected chi connectivity index (χ2v) is 7.46. The Labute approximate surface area is 181 Å². The SMILES string of the molecule is O=C(O)CCc1ccc(OCC=C(c2ccc(F)cc2)c2ccc(F)cc2)c(Br)c1. The highest BCUT2D eigenvalue weighted by Crippen LogP contribution is 2.28. The first kappa shape index (κ1) is 21.7. The minimum absolute atomic E-state index is 0.0636. The van der Waals surface area contributed by atoms with E-state index < -0.39 is 5.97 Å². The molecule has 0 aliphatic heterocycles. The summed E-state index contributed by atoms with van der Waals surface area (Å²) < 4.78 is 33.2. The van der Waals surface area contributed by atoms with Gasteiger partial charge in [-0.15, -0.1) is 0 Å². The maximum absolute atomic E-state index is 13.3. The maximum Gasteiger partial charge on any atom is 0.303 e. The number of aryl methyl sites for hydroxylation is 1. The lowest BCUT2D eigenvalue weighted by Gasteiger charge is -2.11. The summed E-state index contributed by atoms with van der Waals surface area (Å²) >= 11 is 3.45. The molecule has 0 atom stereocenters. The van der Waals surface area contributed by atoms with E-state index in [-0.39, 0.29) is 24.7 Å². The minimum Gasteiger partial charge on any atom is -0.488 e. The first-order valence-electron chi connectivity index (χ1n) is 9.27. The third kappa shape index (κ3) is 6.00. The normalized spacial score (nSPS) is 10.5. The molecule has 6 heteroatoms. The van der Waals surface area contributed by atoms with Gasteiger partial charge in [0.15, 0.2) is 0 Å². The zero-order chi connectivity index (χ0) is 21.5. The van der Waals surface area contributed by atoms with Crippen LogP contribution in [0.5, 0.6) is 5.75 Å². The highest BCUT2D eigenvalue weighted by atomic mass is 79.9. The lowest BCUT2D eigenvalue weighted by molar-refractivity contribution is -0.136. The minimum atomic E-state index is -0.842. The molecule has 30 heavy (non-hydrogen) atoms. The van der Waals surface area contributed by atoms with E-state index in [1.165, 1.54) is 24.3 Å². The molecule has 3 nitrogen and oxygen atoms in total. The summed E-state index contributed by atoms with van der Waals surface area (Å²) in [7, 11) is 0. The van der Waals surface area contributed by atoms with Gasteiger partial charge in [0.05, 0.1) is 4.47 Å². The van der Waals surface area contributed by atoms with Crippen LogP contribution in [0.3, 0.4) is 0 Å². The van der Waals surface area contributed by atoms with Crippen molar-refractivity contribution in [2.45, 2.75) is 12.8 Å². The molecule has 154 valence electrons. The van der Waals surface area contributed by atoms with Gasteiger partial charge in [-0.1, -0.05) is 30.3 Å². The molecule has 0 fully saturated rings. The molecule has 0 amide bonds. The summed E-state index contributed by atoms with van der Waals surface area (Å²) in [6.07, 6.45) is 2.35. The molecule has 0 spiro atoms. The molecular weight excluding hydrogens is 454 g/mol. The van der Waals surface area contributed by atoms with Crippen LogP contribution in [0.2, 0.25) is 0 Å². The van der Waals surface area contributed by atoms with Crippen molar-refractivity contribution in [3.63, 3.8) is 0 Å². The number of ether oxygens (including phenoxy) is 1. The number of halogens is 3. The molecule has 1 N–H and O–H groups in total. The van der Waals surface area contributed by atoms with Crippen molar-refractivity contribution >= 4 is 27.5 Å². The van der Waals surface area contributed by atoms with Crippen molar-refractivity contribution in [2.75, 3.05) is 6.61 Å². The van der Waals surface area contributed by atoms with Crippen molar-refractivity contribution in [2.24, 2.45) is 0 Å². The summed E-state index contributed by atoms with van der Waals surface area (Å²) in [5.74, 6) is -0.894. The number of carbonyl (C=O) groups is 1. The van der Waals surface area contributed by atoms with Gasteiger partial charge >= 0.3 is 5.97 Å². The summed E-state index contributed by atoms with van der Waals surface area (Å²) in [4.78, 5) is 10.7. The molecule has 3 aromatic rings. The molecule has 0 aliphatic carbocycles. The van der Waals surface area contributed by atoms with Gasteiger partial charge in [-0.05, 0) is 87.1 Å². The Kier molecular flexibility index (Phi) is 7.36. The van der Waals surface area contributed by atoms with E-state index >= 15 is 0 Å². The predicted octanol–water partition coefficient (Wildman–Crippen LogP) is 6.26. The van der Waals surface area contributed by atoms with Crippen LogP contribution in [-0.4, -0.2) is 17.7 Å². The molecule has 0 bridgehead atoms. The number of benzene rings is 3. The first-order valence-corrected chi connectivity index (χ1v) is 10.1. The number of carboxylic acids is 1. The van der Waals surface area contributed by atoms with Gasteiger partial charge in [-0.3, -0.25) is 4.79 Å². The molecule has 0 aliphatic rings. The van der Waals surface area contributed by atoms with Gasteiger partial charge in [-0.25, -0.2) is 8.78 Å². The third-order valence-corrected chi connectivity index (χ3v) is 5.08. The highest BCUT2D eigenvalue weighted by molar-refractivity contribution is 9.10. The molecule has 0 aromatic heterocycles. The van der Waals surface area contributed by atoms with E-state index in [2.05, 4.69) is 15.9 Å². The average molecular weight is 473 g/mol. The van der Waals surface area contributed by atoms with Crippen LogP contribution in [0.15, 0.2) is 77.3 Å². The Balaban J connectivity index is 1.78. The van der Waals surface area contributed by atoms with Crippen molar-refractivity contribution in [1.82, 2.24) is 0 Å². The average Bonchev–Trinajstić information content (AvgIpc) is 2.72. The molecule has 0 radical (unpaired) electrons. The van der Waals surface area contributed by atoms with Gasteiger partial charge < -0.3 is 9.84 Å². The van der Waals surface area contributed by atoms with Crippen molar-refractivity contribution in [3.8, 4) is 5.75 Å². The number of carboxylic acid groups (broad SMARTS) is 1. The molecule has 3 rings (SSSR count). The number of rotatable bonds is 8. The zero-order valence-corrected chi connectivity index (χ0v) is 17.5. The van der Waals surface area contributed by atoms with Gasteiger partial charge in [-0.2, -0.15) is 0 Å². The van der Waals surface area contributed by atoms with Crippen molar-refractivity contribution < 1.29 is 23.4 Å². The van der Waals surface area contributed by atoms with Crippen LogP contribution >= 0.6 is 15.9 Å². The van der Waals surface area contributed by atoms with E-state index in [1.54, 1.807) is 30.3 Å². The van der Waals surface area contributed by atoms with Crippen LogP contribution in [-0.2, 0) is 11.2 Å². The predicted molar refractivity (Wildman–Crippen MR) is 115 cm³/mol. The summed E-state index contributed by atoms with van der Waals surface area (Å²) in [6.45, 7) is 0.233. The van der Waals surface area contributed by atoms with Crippen molar-refractivity contribution in [3.05, 3.63) is 106 Å². The van der Waals surface area contributed by atoms with Crippen molar-refractivity contribution in [1.29, 1.82) is 0 Å². The van der Waals surface area contributed by atoms with Crippen LogP contribution in [0, 0.1) is 11.6 Å². The van der Waals surface area contributed by atoms with Crippen LogP contribution < -0.4 is 4.74 Å². The molecule has 0 saturated carbocycles. The lowest BCUT2D eigenvalue weighted by atomic mass is 9.97. The topological polar surface area (TPSA) is 46.5 Å². The monoisotopic (exact) mass is 472 g/mol. The van der Waals surface area contributed by atoms with Crippen LogP contribution in [0.4, 0.5) is 8.78 Å². The Morgan fingerprint density at radius 3 is 2.00 bits per heavy atom. The van der Waals surface area contributed by atoms with Gasteiger partial charge in [0, 0.05) is 6.42 Å². The summed E-state index contributed by atoms with van der Waals surface area (Å²) in [5, 5.41) is 8.80. The second kappa shape index (κ2) is 10.2. The standard InChI is InChI=1S/C24H19BrF2O3/c25-22-15-16(2-12-24(28)29)1-11-23(22)30-14-13-21(17-3-7-19(26)8-4-17)18-5-9-20(27)10-6-18/h1,3-11,13,15H,2,12,14H2,(H,28,29). The van der Waals surface area contributed by atoms with E-state index in [4.69, 9.17) is 9.84 Å². The van der Waals surface area contributed by atoms with Gasteiger partial charge in [0.2, 0.25) is 0 Å². The van der Waals surface area contributed by atoms with E-state index in [0.717, 1.165) is 26.7 Å². The Hall–Kier alpha value is -2.99. The Bertz CT molecular complexity index is 998. The van der Waals surface area contributed by atoms with E-state index in [9.17, 15) is 13.6 Å². The van der Waals surface area contributed by atoms with E-state index in [0.29, 0.717) is 12.2 Å². The third-order valence-electron chi connectivity index (χ3n) is 4.46. The summed E-state index contributed by atoms with van der Waals surface area (Å²) in [6, 6.07) is 17.6. The van der Waals surface area contributed by atoms with Crippen LogP contribution in [0.25, 0.3) is 5.57 Å². The van der Waals surface area contributed by atoms with Gasteiger partial charge in [0.25, 0.3) is 0 Å². The fraction of sp³-hybridized carbons (Fsp3) is 0.125. The zero-order valence-electron chi connectivity index (χ0n) is 15.9. The van der Waals surface area contributed by atoms with Gasteiger partial charge in [0.1, 0.15) is 24.0 Å². The molecule has 0 unspecified atom stereocenters. The summed E-state index contributed by atoms with van der Waals surface area (Å²) in [5.41, 5.74) is 3.26. The number of aliphatic carboxylic acids is 1. The molecular formula is C24H19BrF2O3. The Morgan fingerprint density at radius 1 is 0.933 bits per heavy atom. The van der Waals surface area contributed by atoms with Crippen LogP contribution in [0.1, 0.15) is 23.1 Å². The fourth-order valence-electron chi connectivity index (χ4n) is 2.94. The number of hydrogen-bond donors (Lipinski definition) is 1. The number of hydrogen-bond acceptors (Lipinski definition) is 2. The second-order valence-electron chi connectivity index (χ2n) is 6.60. The molecule has 0 heterocycles. The van der Waals surface area contributed by atoms with E-state index in [1.807, 2.05) is 18.2 Å².